The number of anilines is 1. The molecule has 0 fully saturated rings. The minimum Gasteiger partial charge on any atom is -0.320 e. The topological polar surface area (TPSA) is 97.0 Å². The van der Waals surface area contributed by atoms with Gasteiger partial charge in [-0.25, -0.2) is 0 Å². The van der Waals surface area contributed by atoms with Gasteiger partial charge in [0.1, 0.15) is 0 Å². The highest BCUT2D eigenvalue weighted by Gasteiger charge is 2.26. The Kier molecular flexibility index (Phi) is 3.70. The highest BCUT2D eigenvalue weighted by Crippen LogP contribution is 2.27. The molecule has 110 valence electrons. The van der Waals surface area contributed by atoms with Crippen molar-refractivity contribution in [1.29, 1.82) is 0 Å². The summed E-state index contributed by atoms with van der Waals surface area (Å²) in [5, 5.41) is 21.5. The van der Waals surface area contributed by atoms with E-state index in [1.165, 1.54) is 12.3 Å². The molecule has 0 spiro atoms. The van der Waals surface area contributed by atoms with Crippen molar-refractivity contribution < 1.29 is 9.72 Å². The lowest BCUT2D eigenvalue weighted by atomic mass is 10.1. The van der Waals surface area contributed by atoms with Crippen molar-refractivity contribution >= 4 is 51.5 Å². The SMILES string of the molecule is O=C1Nc2ccc(Cl)cc2/C1=N\N=C/c1ccc([N+](=O)[O-])s1. The third-order valence-corrected chi connectivity index (χ3v) is 4.04. The number of rotatable bonds is 3. The molecule has 0 aliphatic carbocycles. The van der Waals surface area contributed by atoms with Gasteiger partial charge in [-0.15, -0.1) is 5.10 Å². The molecule has 0 saturated heterocycles. The molecule has 2 heterocycles. The second kappa shape index (κ2) is 5.66. The Morgan fingerprint density at radius 1 is 1.32 bits per heavy atom. The van der Waals surface area contributed by atoms with E-state index in [0.29, 0.717) is 21.2 Å². The maximum absolute atomic E-state index is 11.8. The molecule has 9 heteroatoms. The van der Waals surface area contributed by atoms with Crippen molar-refractivity contribution in [2.24, 2.45) is 10.2 Å². The second-order valence-electron chi connectivity index (χ2n) is 4.27. The number of hydrogen-bond donors (Lipinski definition) is 1. The third-order valence-electron chi connectivity index (χ3n) is 2.84. The molecule has 0 bridgehead atoms. The van der Waals surface area contributed by atoms with Gasteiger partial charge in [-0.1, -0.05) is 22.9 Å². The summed E-state index contributed by atoms with van der Waals surface area (Å²) in [6, 6.07) is 7.92. The van der Waals surface area contributed by atoms with Crippen LogP contribution in [-0.4, -0.2) is 22.8 Å². The number of nitro groups is 1. The Bertz CT molecular complexity index is 844. The summed E-state index contributed by atoms with van der Waals surface area (Å²) >= 11 is 6.88. The van der Waals surface area contributed by atoms with Crippen LogP contribution in [0.2, 0.25) is 5.02 Å². The van der Waals surface area contributed by atoms with Crippen LogP contribution in [-0.2, 0) is 4.79 Å². The van der Waals surface area contributed by atoms with Gasteiger partial charge in [-0.2, -0.15) is 5.10 Å². The number of benzene rings is 1. The Morgan fingerprint density at radius 3 is 2.86 bits per heavy atom. The van der Waals surface area contributed by atoms with Crippen molar-refractivity contribution in [2.75, 3.05) is 5.32 Å². The molecule has 0 radical (unpaired) electrons. The first-order valence-electron chi connectivity index (χ1n) is 6.01. The fourth-order valence-electron chi connectivity index (χ4n) is 1.88. The lowest BCUT2D eigenvalue weighted by Gasteiger charge is -1.96. The fourth-order valence-corrected chi connectivity index (χ4v) is 2.74. The number of thiophene rings is 1. The smallest absolute Gasteiger partial charge is 0.320 e. The zero-order valence-corrected chi connectivity index (χ0v) is 12.4. The van der Waals surface area contributed by atoms with E-state index in [9.17, 15) is 14.9 Å². The number of halogens is 1. The largest absolute Gasteiger partial charge is 0.324 e. The van der Waals surface area contributed by atoms with E-state index >= 15 is 0 Å². The maximum atomic E-state index is 11.8. The van der Waals surface area contributed by atoms with Crippen LogP contribution in [0, 0.1) is 10.1 Å². The van der Waals surface area contributed by atoms with Crippen LogP contribution in [0.15, 0.2) is 40.5 Å². The summed E-state index contributed by atoms with van der Waals surface area (Å²) < 4.78 is 0. The lowest BCUT2D eigenvalue weighted by Crippen LogP contribution is -2.13. The summed E-state index contributed by atoms with van der Waals surface area (Å²) in [5.74, 6) is -0.369. The average molecular weight is 335 g/mol. The first kappa shape index (κ1) is 14.4. The molecule has 3 rings (SSSR count). The minimum absolute atomic E-state index is 0.0184. The molecule has 1 amide bonds. The van der Waals surface area contributed by atoms with E-state index in [-0.39, 0.29) is 16.6 Å². The molecule has 1 aliphatic heterocycles. The molecule has 1 N–H and O–H groups in total. The summed E-state index contributed by atoms with van der Waals surface area (Å²) in [6.45, 7) is 0. The average Bonchev–Trinajstić information content (AvgIpc) is 3.05. The molecule has 1 aromatic heterocycles. The van der Waals surface area contributed by atoms with E-state index in [1.54, 1.807) is 24.3 Å². The standard InChI is InChI=1S/C13H7ClN4O3S/c14-7-1-3-10-9(5-7)12(13(19)16-10)17-15-6-8-2-4-11(22-8)18(20)21/h1-6H,(H,16,17,19)/b15-6-. The summed E-state index contributed by atoms with van der Waals surface area (Å²) in [4.78, 5) is 22.5. The molecule has 0 saturated carbocycles. The molecule has 0 unspecified atom stereocenters. The Labute approximate surface area is 133 Å². The highest BCUT2D eigenvalue weighted by molar-refractivity contribution is 7.16. The minimum atomic E-state index is -0.476. The normalized spacial score (nSPS) is 15.3. The van der Waals surface area contributed by atoms with E-state index in [0.717, 1.165) is 11.3 Å². The molecule has 1 aliphatic rings. The number of hydrogen-bond acceptors (Lipinski definition) is 6. The second-order valence-corrected chi connectivity index (χ2v) is 5.80. The van der Waals surface area contributed by atoms with E-state index in [4.69, 9.17) is 11.6 Å². The molecule has 2 aromatic rings. The van der Waals surface area contributed by atoms with Gasteiger partial charge >= 0.3 is 5.00 Å². The van der Waals surface area contributed by atoms with Gasteiger partial charge in [0, 0.05) is 16.7 Å². The first-order chi connectivity index (χ1) is 10.5. The summed E-state index contributed by atoms with van der Waals surface area (Å²) in [6.07, 6.45) is 1.36. The molecule has 1 aromatic carbocycles. The van der Waals surface area contributed by atoms with Gasteiger partial charge in [-0.05, 0) is 24.3 Å². The fraction of sp³-hybridized carbons (Fsp3) is 0. The van der Waals surface area contributed by atoms with Gasteiger partial charge in [0.2, 0.25) is 0 Å². The maximum Gasteiger partial charge on any atom is 0.324 e. The Balaban J connectivity index is 1.86. The van der Waals surface area contributed by atoms with Crippen molar-refractivity contribution in [2.45, 2.75) is 0 Å². The van der Waals surface area contributed by atoms with Crippen molar-refractivity contribution in [3.05, 3.63) is 55.9 Å². The third kappa shape index (κ3) is 2.74. The molecule has 22 heavy (non-hydrogen) atoms. The lowest BCUT2D eigenvalue weighted by molar-refractivity contribution is -0.380. The van der Waals surface area contributed by atoms with E-state index in [1.807, 2.05) is 0 Å². The van der Waals surface area contributed by atoms with Crippen LogP contribution in [0.3, 0.4) is 0 Å². The number of fused-ring (bicyclic) bond motifs is 1. The zero-order chi connectivity index (χ0) is 15.7. The van der Waals surface area contributed by atoms with Crippen LogP contribution < -0.4 is 5.32 Å². The van der Waals surface area contributed by atoms with E-state index < -0.39 is 4.92 Å². The highest BCUT2D eigenvalue weighted by atomic mass is 35.5. The summed E-state index contributed by atoms with van der Waals surface area (Å²) in [7, 11) is 0. The van der Waals surface area contributed by atoms with Gasteiger partial charge in [0.15, 0.2) is 5.71 Å². The van der Waals surface area contributed by atoms with Crippen molar-refractivity contribution in [3.63, 3.8) is 0 Å². The van der Waals surface area contributed by atoms with Gasteiger partial charge in [0.05, 0.1) is 21.7 Å². The number of amides is 1. The summed E-state index contributed by atoms with van der Waals surface area (Å²) in [5.41, 5.74) is 1.35. The van der Waals surface area contributed by atoms with Crippen LogP contribution in [0.4, 0.5) is 10.7 Å². The van der Waals surface area contributed by atoms with Crippen molar-refractivity contribution in [3.8, 4) is 0 Å². The number of nitrogens with one attached hydrogen (secondary N) is 1. The Morgan fingerprint density at radius 2 is 2.14 bits per heavy atom. The first-order valence-corrected chi connectivity index (χ1v) is 7.20. The predicted molar refractivity (Wildman–Crippen MR) is 85.2 cm³/mol. The van der Waals surface area contributed by atoms with Crippen LogP contribution in [0.1, 0.15) is 10.4 Å². The van der Waals surface area contributed by atoms with Gasteiger partial charge in [-0.3, -0.25) is 14.9 Å². The molecule has 0 atom stereocenters. The number of carbonyl (C=O) groups is 1. The monoisotopic (exact) mass is 334 g/mol. The molecular weight excluding hydrogens is 328 g/mol. The molecular formula is C13H7ClN4O3S. The molecule has 7 nitrogen and oxygen atoms in total. The van der Waals surface area contributed by atoms with Gasteiger partial charge < -0.3 is 5.32 Å². The zero-order valence-electron chi connectivity index (χ0n) is 10.8. The predicted octanol–water partition coefficient (Wildman–Crippen LogP) is 3.09. The van der Waals surface area contributed by atoms with Crippen LogP contribution in [0.5, 0.6) is 0 Å². The number of nitrogens with zero attached hydrogens (tertiary/aromatic N) is 3. The van der Waals surface area contributed by atoms with Gasteiger partial charge in [0.25, 0.3) is 5.91 Å². The van der Waals surface area contributed by atoms with Crippen LogP contribution >= 0.6 is 22.9 Å². The number of carbonyl (C=O) groups excluding carboxylic acids is 1. The van der Waals surface area contributed by atoms with Crippen molar-refractivity contribution in [1.82, 2.24) is 0 Å². The quantitative estimate of drug-likeness (QED) is 0.530. The Hall–Kier alpha value is -2.58. The van der Waals surface area contributed by atoms with Crippen LogP contribution in [0.25, 0.3) is 0 Å². The van der Waals surface area contributed by atoms with E-state index in [2.05, 4.69) is 15.5 Å².